The highest BCUT2D eigenvalue weighted by Crippen LogP contribution is 2.30. The van der Waals surface area contributed by atoms with Gasteiger partial charge in [0.25, 0.3) is 0 Å². The molecule has 7 heteroatoms. The van der Waals surface area contributed by atoms with Crippen molar-refractivity contribution in [1.29, 1.82) is 0 Å². The Morgan fingerprint density at radius 2 is 1.59 bits per heavy atom. The van der Waals surface area contributed by atoms with Gasteiger partial charge in [0.1, 0.15) is 6.10 Å². The highest BCUT2D eigenvalue weighted by atomic mass is 17.2. The van der Waals surface area contributed by atoms with Crippen LogP contribution in [-0.4, -0.2) is 40.5 Å². The lowest BCUT2D eigenvalue weighted by molar-refractivity contribution is -0.398. The molecule has 160 valence electrons. The zero-order valence-electron chi connectivity index (χ0n) is 18.9. The largest absolute Gasteiger partial charge is 0.445 e. The molecule has 0 radical (unpaired) electrons. The van der Waals surface area contributed by atoms with Gasteiger partial charge in [0.2, 0.25) is 0 Å². The average Bonchev–Trinajstić information content (AvgIpc) is 2.38. The molecule has 1 unspecified atom stereocenters. The summed E-state index contributed by atoms with van der Waals surface area (Å²) in [5, 5.41) is 3.58. The molecule has 1 aliphatic heterocycles. The lowest BCUT2D eigenvalue weighted by atomic mass is 9.81. The van der Waals surface area contributed by atoms with Gasteiger partial charge in [-0.3, -0.25) is 5.43 Å². The SMILES string of the molecule is CC(CC(C)(C)OOC(C)(C)C)NNC(=O)OC1CC(C)(C)NC(C)(C)C1. The summed E-state index contributed by atoms with van der Waals surface area (Å²) < 4.78 is 5.63. The molecule has 1 heterocycles. The van der Waals surface area contributed by atoms with E-state index < -0.39 is 11.7 Å². The van der Waals surface area contributed by atoms with E-state index in [1.807, 2.05) is 41.5 Å². The number of nitrogens with one attached hydrogen (secondary N) is 3. The Labute approximate surface area is 165 Å². The van der Waals surface area contributed by atoms with Crippen LogP contribution in [0.15, 0.2) is 0 Å². The summed E-state index contributed by atoms with van der Waals surface area (Å²) in [4.78, 5) is 23.2. The highest BCUT2D eigenvalue weighted by molar-refractivity contribution is 5.66. The topological polar surface area (TPSA) is 80.9 Å². The maximum atomic E-state index is 12.2. The Kier molecular flexibility index (Phi) is 7.72. The van der Waals surface area contributed by atoms with Crippen LogP contribution in [-0.2, 0) is 14.5 Å². The number of ether oxygens (including phenoxy) is 1. The second-order valence-corrected chi connectivity index (χ2v) is 10.7. The van der Waals surface area contributed by atoms with Crippen molar-refractivity contribution in [2.24, 2.45) is 0 Å². The van der Waals surface area contributed by atoms with Crippen LogP contribution in [0.4, 0.5) is 4.79 Å². The molecule has 0 bridgehead atoms. The number of hydrogen-bond acceptors (Lipinski definition) is 6. The Morgan fingerprint density at radius 1 is 1.07 bits per heavy atom. The van der Waals surface area contributed by atoms with E-state index in [1.54, 1.807) is 0 Å². The van der Waals surface area contributed by atoms with Gasteiger partial charge in [-0.15, -0.1) is 0 Å². The fourth-order valence-electron chi connectivity index (χ4n) is 3.74. The third-order valence-corrected chi connectivity index (χ3v) is 4.16. The van der Waals surface area contributed by atoms with Gasteiger partial charge >= 0.3 is 6.09 Å². The fraction of sp³-hybridized carbons (Fsp3) is 0.950. The standard InChI is InChI=1S/C20H41N3O4/c1-14(11-20(9,10)27-26-17(2,3)4)21-22-16(24)25-15-12-18(5,6)23-19(7,8)13-15/h14-15,21,23H,11-13H2,1-10H3,(H,22,24). The fourth-order valence-corrected chi connectivity index (χ4v) is 3.74. The van der Waals surface area contributed by atoms with Crippen LogP contribution in [0, 0.1) is 0 Å². The van der Waals surface area contributed by atoms with Crippen LogP contribution in [0.25, 0.3) is 0 Å². The van der Waals surface area contributed by atoms with Crippen molar-refractivity contribution < 1.29 is 19.3 Å². The van der Waals surface area contributed by atoms with Gasteiger partial charge in [0.15, 0.2) is 0 Å². The van der Waals surface area contributed by atoms with E-state index in [1.165, 1.54) is 0 Å². The van der Waals surface area contributed by atoms with E-state index in [0.717, 1.165) is 12.8 Å². The van der Waals surface area contributed by atoms with Crippen molar-refractivity contribution in [3.05, 3.63) is 0 Å². The predicted molar refractivity (Wildman–Crippen MR) is 107 cm³/mol. The quantitative estimate of drug-likeness (QED) is 0.455. The second kappa shape index (κ2) is 8.64. The van der Waals surface area contributed by atoms with Gasteiger partial charge in [0.05, 0.1) is 11.2 Å². The first-order valence-corrected chi connectivity index (χ1v) is 9.87. The van der Waals surface area contributed by atoms with E-state index >= 15 is 0 Å². The smallest absolute Gasteiger partial charge is 0.421 e. The van der Waals surface area contributed by atoms with Crippen LogP contribution in [0.5, 0.6) is 0 Å². The zero-order chi connectivity index (χ0) is 21.1. The molecule has 1 aliphatic rings. The zero-order valence-corrected chi connectivity index (χ0v) is 18.9. The van der Waals surface area contributed by atoms with Gasteiger partial charge in [-0.05, 0) is 75.7 Å². The van der Waals surface area contributed by atoms with Gasteiger partial charge in [-0.25, -0.2) is 20.0 Å². The van der Waals surface area contributed by atoms with Crippen LogP contribution < -0.4 is 16.2 Å². The van der Waals surface area contributed by atoms with Gasteiger partial charge in [-0.1, -0.05) is 0 Å². The molecule has 1 saturated heterocycles. The highest BCUT2D eigenvalue weighted by Gasteiger charge is 2.39. The van der Waals surface area contributed by atoms with Crippen molar-refractivity contribution in [3.8, 4) is 0 Å². The van der Waals surface area contributed by atoms with E-state index in [9.17, 15) is 4.79 Å². The number of rotatable bonds is 7. The minimum Gasteiger partial charge on any atom is -0.445 e. The Hall–Kier alpha value is -0.890. The van der Waals surface area contributed by atoms with Gasteiger partial charge in [0, 0.05) is 30.0 Å². The molecule has 0 spiro atoms. The van der Waals surface area contributed by atoms with Crippen molar-refractivity contribution >= 4 is 6.09 Å². The normalized spacial score (nSPS) is 21.6. The minimum atomic E-state index is -0.492. The number of amides is 1. The molecule has 1 atom stereocenters. The molecular weight excluding hydrogens is 346 g/mol. The van der Waals surface area contributed by atoms with Crippen LogP contribution >= 0.6 is 0 Å². The van der Waals surface area contributed by atoms with Crippen molar-refractivity contribution in [2.45, 2.75) is 123 Å². The van der Waals surface area contributed by atoms with E-state index in [2.05, 4.69) is 43.9 Å². The first-order valence-electron chi connectivity index (χ1n) is 9.87. The Balaban J connectivity index is 2.41. The molecule has 27 heavy (non-hydrogen) atoms. The summed E-state index contributed by atoms with van der Waals surface area (Å²) in [5.41, 5.74) is 4.65. The summed E-state index contributed by atoms with van der Waals surface area (Å²) in [6.45, 7) is 20.2. The maximum absolute atomic E-state index is 12.2. The Bertz CT molecular complexity index is 482. The molecule has 0 aromatic heterocycles. The second-order valence-electron chi connectivity index (χ2n) is 10.7. The minimum absolute atomic E-state index is 0.0166. The summed E-state index contributed by atoms with van der Waals surface area (Å²) in [7, 11) is 0. The first kappa shape index (κ1) is 24.1. The molecule has 0 aliphatic carbocycles. The van der Waals surface area contributed by atoms with Crippen molar-refractivity contribution in [3.63, 3.8) is 0 Å². The number of piperidine rings is 1. The van der Waals surface area contributed by atoms with Crippen LogP contribution in [0.2, 0.25) is 0 Å². The number of carbonyl (C=O) groups is 1. The molecule has 1 amide bonds. The number of hydrazine groups is 1. The molecule has 0 aromatic carbocycles. The molecule has 0 aromatic rings. The lowest BCUT2D eigenvalue weighted by Gasteiger charge is -2.45. The lowest BCUT2D eigenvalue weighted by Crippen LogP contribution is -2.60. The maximum Gasteiger partial charge on any atom is 0.421 e. The monoisotopic (exact) mass is 387 g/mol. The summed E-state index contributed by atoms with van der Waals surface area (Å²) >= 11 is 0. The summed E-state index contributed by atoms with van der Waals surface area (Å²) in [6, 6.07) is -0.0166. The molecular formula is C20H41N3O4. The number of carbonyl (C=O) groups excluding carboxylic acids is 1. The van der Waals surface area contributed by atoms with Crippen LogP contribution in [0.3, 0.4) is 0 Å². The molecule has 1 rings (SSSR count). The third kappa shape index (κ3) is 10.3. The average molecular weight is 388 g/mol. The third-order valence-electron chi connectivity index (χ3n) is 4.16. The van der Waals surface area contributed by atoms with E-state index in [4.69, 9.17) is 14.5 Å². The molecule has 7 nitrogen and oxygen atoms in total. The van der Waals surface area contributed by atoms with E-state index in [0.29, 0.717) is 6.42 Å². The summed E-state index contributed by atoms with van der Waals surface area (Å²) in [5.74, 6) is 0. The summed E-state index contributed by atoms with van der Waals surface area (Å²) in [6.07, 6.45) is 1.64. The number of hydrogen-bond donors (Lipinski definition) is 3. The van der Waals surface area contributed by atoms with Gasteiger partial charge < -0.3 is 10.1 Å². The Morgan fingerprint density at radius 3 is 2.07 bits per heavy atom. The van der Waals surface area contributed by atoms with Crippen molar-refractivity contribution in [1.82, 2.24) is 16.2 Å². The molecule has 1 fully saturated rings. The van der Waals surface area contributed by atoms with E-state index in [-0.39, 0.29) is 28.8 Å². The van der Waals surface area contributed by atoms with Crippen LogP contribution in [0.1, 0.15) is 88.5 Å². The predicted octanol–water partition coefficient (Wildman–Crippen LogP) is 3.83. The molecule has 0 saturated carbocycles. The van der Waals surface area contributed by atoms with Gasteiger partial charge in [-0.2, -0.15) is 0 Å². The van der Waals surface area contributed by atoms with Crippen molar-refractivity contribution in [2.75, 3.05) is 0 Å². The first-order chi connectivity index (χ1) is 12.0. The molecule has 3 N–H and O–H groups in total.